The summed E-state index contributed by atoms with van der Waals surface area (Å²) in [4.78, 5) is 11.6. The summed E-state index contributed by atoms with van der Waals surface area (Å²) in [6, 6.07) is 0. The van der Waals surface area contributed by atoms with Crippen LogP contribution >= 0.6 is 23.4 Å². The highest BCUT2D eigenvalue weighted by Gasteiger charge is 2.05. The van der Waals surface area contributed by atoms with Crippen LogP contribution in [0, 0.1) is 0 Å². The van der Waals surface area contributed by atoms with Crippen molar-refractivity contribution in [3.8, 4) is 0 Å². The van der Waals surface area contributed by atoms with Crippen LogP contribution in [-0.2, 0) is 4.79 Å². The lowest BCUT2D eigenvalue weighted by Crippen LogP contribution is -1.93. The molecule has 108 valence electrons. The second-order valence-corrected chi connectivity index (χ2v) is 6.42. The number of thioether (sulfide) groups is 1. The molecule has 0 heterocycles. The van der Waals surface area contributed by atoms with E-state index < -0.39 is 5.97 Å². The minimum Gasteiger partial charge on any atom is -0.481 e. The fourth-order valence-corrected chi connectivity index (χ4v) is 3.38. The number of unbranched alkanes of at least 4 members (excludes halogenated alkanes) is 4. The van der Waals surface area contributed by atoms with E-state index in [4.69, 9.17) is 16.7 Å². The molecule has 0 fully saturated rings. The normalized spacial score (nSPS) is 15.6. The number of rotatable bonds is 9. The first kappa shape index (κ1) is 16.6. The van der Waals surface area contributed by atoms with E-state index >= 15 is 0 Å². The van der Waals surface area contributed by atoms with Gasteiger partial charge in [-0.1, -0.05) is 43.0 Å². The molecule has 4 heteroatoms. The van der Waals surface area contributed by atoms with Gasteiger partial charge in [-0.25, -0.2) is 0 Å². The molecular weight excluding hydrogens is 280 g/mol. The third-order valence-corrected chi connectivity index (χ3v) is 4.79. The van der Waals surface area contributed by atoms with Gasteiger partial charge in [-0.15, -0.1) is 11.8 Å². The zero-order valence-corrected chi connectivity index (χ0v) is 12.9. The first-order chi connectivity index (χ1) is 9.20. The van der Waals surface area contributed by atoms with Crippen LogP contribution in [0.3, 0.4) is 0 Å². The number of aliphatic carboxylic acids is 1. The molecule has 0 aromatic rings. The van der Waals surface area contributed by atoms with Gasteiger partial charge in [0.15, 0.2) is 0 Å². The molecule has 0 saturated heterocycles. The van der Waals surface area contributed by atoms with Gasteiger partial charge in [-0.2, -0.15) is 0 Å². The molecule has 0 atom stereocenters. The standard InChI is InChI=1S/C15H23ClO2S/c16-13-9-5-4-6-10-14(13)19-12-8-3-1-2-7-11-15(17)18/h6,10H,1-5,7-9,11-12H2,(H,17,18). The van der Waals surface area contributed by atoms with E-state index in [1.165, 1.54) is 17.7 Å². The summed E-state index contributed by atoms with van der Waals surface area (Å²) in [5.74, 6) is 0.423. The van der Waals surface area contributed by atoms with Crippen LogP contribution in [0.4, 0.5) is 0 Å². The molecule has 1 N–H and O–H groups in total. The van der Waals surface area contributed by atoms with Gasteiger partial charge >= 0.3 is 5.97 Å². The van der Waals surface area contributed by atoms with Crippen LogP contribution in [0.1, 0.15) is 57.8 Å². The number of hydrogen-bond donors (Lipinski definition) is 1. The third kappa shape index (κ3) is 8.38. The molecule has 0 aliphatic heterocycles. The molecule has 0 aromatic heterocycles. The first-order valence-corrected chi connectivity index (χ1v) is 8.46. The van der Waals surface area contributed by atoms with Crippen molar-refractivity contribution in [1.82, 2.24) is 0 Å². The van der Waals surface area contributed by atoms with E-state index in [0.717, 1.165) is 49.3 Å². The lowest BCUT2D eigenvalue weighted by molar-refractivity contribution is -0.137. The number of halogens is 1. The minimum absolute atomic E-state index is 0.308. The number of carbonyl (C=O) groups is 1. The fraction of sp³-hybridized carbons (Fsp3) is 0.667. The molecule has 0 amide bonds. The highest BCUT2D eigenvalue weighted by molar-refractivity contribution is 8.03. The Morgan fingerprint density at radius 3 is 2.79 bits per heavy atom. The highest BCUT2D eigenvalue weighted by Crippen LogP contribution is 2.30. The van der Waals surface area contributed by atoms with E-state index in [-0.39, 0.29) is 0 Å². The Kier molecular flexibility index (Phi) is 9.10. The number of carboxylic acids is 1. The summed E-state index contributed by atoms with van der Waals surface area (Å²) in [6.07, 6.45) is 13.3. The molecule has 1 aliphatic rings. The molecule has 0 unspecified atom stereocenters. The SMILES string of the molecule is O=C(O)CCCCCCCSC1=C(Cl)CCCC=C1. The molecule has 2 nitrogen and oxygen atoms in total. The Morgan fingerprint density at radius 2 is 2.00 bits per heavy atom. The van der Waals surface area contributed by atoms with Gasteiger partial charge in [0.05, 0.1) is 0 Å². The molecule has 1 rings (SSSR count). The van der Waals surface area contributed by atoms with E-state index in [1.54, 1.807) is 0 Å². The van der Waals surface area contributed by atoms with Crippen molar-refractivity contribution >= 4 is 29.3 Å². The Morgan fingerprint density at radius 1 is 1.26 bits per heavy atom. The van der Waals surface area contributed by atoms with Crippen LogP contribution in [0.25, 0.3) is 0 Å². The van der Waals surface area contributed by atoms with Crippen LogP contribution in [0.2, 0.25) is 0 Å². The zero-order chi connectivity index (χ0) is 13.9. The van der Waals surface area contributed by atoms with Crippen molar-refractivity contribution in [3.63, 3.8) is 0 Å². The molecule has 0 bridgehead atoms. The lowest BCUT2D eigenvalue weighted by atomic mass is 10.1. The van der Waals surface area contributed by atoms with Gasteiger partial charge in [-0.3, -0.25) is 4.79 Å². The Hall–Kier alpha value is -0.410. The molecule has 0 aromatic carbocycles. The number of hydrogen-bond acceptors (Lipinski definition) is 2. The molecule has 0 spiro atoms. The Balaban J connectivity index is 2.02. The van der Waals surface area contributed by atoms with Crippen molar-refractivity contribution in [2.24, 2.45) is 0 Å². The predicted octanol–water partition coefficient (Wildman–Crippen LogP) is 5.34. The van der Waals surface area contributed by atoms with Crippen molar-refractivity contribution in [1.29, 1.82) is 0 Å². The van der Waals surface area contributed by atoms with Crippen LogP contribution < -0.4 is 0 Å². The third-order valence-electron chi connectivity index (χ3n) is 3.10. The van der Waals surface area contributed by atoms with Gasteiger partial charge in [-0.05, 0) is 37.9 Å². The van der Waals surface area contributed by atoms with Crippen LogP contribution in [0.5, 0.6) is 0 Å². The zero-order valence-electron chi connectivity index (χ0n) is 11.4. The predicted molar refractivity (Wildman–Crippen MR) is 83.7 cm³/mol. The van der Waals surface area contributed by atoms with E-state index in [2.05, 4.69) is 12.2 Å². The molecule has 0 radical (unpaired) electrons. The van der Waals surface area contributed by atoms with E-state index in [9.17, 15) is 4.79 Å². The molecule has 19 heavy (non-hydrogen) atoms. The maximum Gasteiger partial charge on any atom is 0.303 e. The van der Waals surface area contributed by atoms with Gasteiger partial charge in [0.25, 0.3) is 0 Å². The summed E-state index contributed by atoms with van der Waals surface area (Å²) in [5.41, 5.74) is 0. The maximum atomic E-state index is 10.3. The van der Waals surface area contributed by atoms with Crippen molar-refractivity contribution < 1.29 is 9.90 Å². The van der Waals surface area contributed by atoms with Crippen molar-refractivity contribution in [2.75, 3.05) is 5.75 Å². The van der Waals surface area contributed by atoms with Gasteiger partial charge in [0, 0.05) is 16.4 Å². The molecule has 0 saturated carbocycles. The van der Waals surface area contributed by atoms with Gasteiger partial charge in [0.2, 0.25) is 0 Å². The summed E-state index contributed by atoms with van der Waals surface area (Å²) in [7, 11) is 0. The Bertz CT molecular complexity index is 337. The van der Waals surface area contributed by atoms with Crippen LogP contribution in [-0.4, -0.2) is 16.8 Å². The highest BCUT2D eigenvalue weighted by atomic mass is 35.5. The second kappa shape index (κ2) is 10.4. The largest absolute Gasteiger partial charge is 0.481 e. The first-order valence-electron chi connectivity index (χ1n) is 7.10. The maximum absolute atomic E-state index is 10.3. The fourth-order valence-electron chi connectivity index (χ4n) is 2.00. The average Bonchev–Trinajstić information content (AvgIpc) is 2.57. The van der Waals surface area contributed by atoms with Gasteiger partial charge in [0.1, 0.15) is 0 Å². The van der Waals surface area contributed by atoms with Gasteiger partial charge < -0.3 is 5.11 Å². The topological polar surface area (TPSA) is 37.3 Å². The quantitative estimate of drug-likeness (QED) is 0.584. The summed E-state index contributed by atoms with van der Waals surface area (Å²) in [5, 5.41) is 9.53. The summed E-state index contributed by atoms with van der Waals surface area (Å²) in [6.45, 7) is 0. The van der Waals surface area contributed by atoms with Crippen LogP contribution in [0.15, 0.2) is 22.1 Å². The molecule has 1 aliphatic carbocycles. The summed E-state index contributed by atoms with van der Waals surface area (Å²) >= 11 is 8.10. The Labute approximate surface area is 125 Å². The average molecular weight is 303 g/mol. The minimum atomic E-state index is -0.683. The smallest absolute Gasteiger partial charge is 0.303 e. The molecular formula is C15H23ClO2S. The number of allylic oxidation sites excluding steroid dienone is 3. The van der Waals surface area contributed by atoms with E-state index in [0.29, 0.717) is 6.42 Å². The monoisotopic (exact) mass is 302 g/mol. The number of carboxylic acid groups (broad SMARTS) is 1. The van der Waals surface area contributed by atoms with E-state index in [1.807, 2.05) is 11.8 Å². The second-order valence-electron chi connectivity index (χ2n) is 4.82. The summed E-state index contributed by atoms with van der Waals surface area (Å²) < 4.78 is 0. The lowest BCUT2D eigenvalue weighted by Gasteiger charge is -2.05. The van der Waals surface area contributed by atoms with Crippen molar-refractivity contribution in [3.05, 3.63) is 22.1 Å². The van der Waals surface area contributed by atoms with Crippen molar-refractivity contribution in [2.45, 2.75) is 57.8 Å².